The third kappa shape index (κ3) is 2.03. The van der Waals surface area contributed by atoms with Gasteiger partial charge in [-0.15, -0.1) is 0 Å². The first kappa shape index (κ1) is 12.7. The highest BCUT2D eigenvalue weighted by Gasteiger charge is 2.16. The number of rotatable bonds is 2. The Kier molecular flexibility index (Phi) is 3.15. The van der Waals surface area contributed by atoms with E-state index in [1.54, 1.807) is 0 Å². The Hall–Kier alpha value is -2.35. The Morgan fingerprint density at radius 1 is 0.900 bits per heavy atom. The van der Waals surface area contributed by atoms with Crippen LogP contribution in [0.5, 0.6) is 0 Å². The van der Waals surface area contributed by atoms with Crippen molar-refractivity contribution in [1.29, 1.82) is 0 Å². The van der Waals surface area contributed by atoms with Gasteiger partial charge >= 0.3 is 0 Å². The third-order valence-corrected chi connectivity index (χ3v) is 3.60. The number of aromatic nitrogens is 1. The first-order valence-corrected chi connectivity index (χ1v) is 6.89. The van der Waals surface area contributed by atoms with E-state index in [-0.39, 0.29) is 11.5 Å². The van der Waals surface area contributed by atoms with Crippen LogP contribution in [0.1, 0.15) is 25.3 Å². The molecule has 0 saturated carbocycles. The van der Waals surface area contributed by atoms with Gasteiger partial charge in [-0.3, -0.25) is 4.79 Å². The number of para-hydroxylation sites is 1. The van der Waals surface area contributed by atoms with E-state index in [1.807, 2.05) is 36.4 Å². The van der Waals surface area contributed by atoms with E-state index >= 15 is 0 Å². The molecule has 20 heavy (non-hydrogen) atoms. The first-order chi connectivity index (χ1) is 9.68. The zero-order valence-electron chi connectivity index (χ0n) is 11.7. The van der Waals surface area contributed by atoms with Crippen molar-refractivity contribution in [3.8, 4) is 11.1 Å². The molecule has 2 nitrogen and oxygen atoms in total. The highest BCUT2D eigenvalue weighted by atomic mass is 16.1. The lowest BCUT2D eigenvalue weighted by Gasteiger charge is -2.15. The summed E-state index contributed by atoms with van der Waals surface area (Å²) in [5.41, 5.74) is 3.91. The van der Waals surface area contributed by atoms with Crippen molar-refractivity contribution in [2.75, 3.05) is 0 Å². The molecule has 0 atom stereocenters. The number of fused-ring (bicyclic) bond motifs is 1. The van der Waals surface area contributed by atoms with Crippen LogP contribution >= 0.6 is 0 Å². The number of nitrogens with one attached hydrogen (secondary N) is 1. The van der Waals surface area contributed by atoms with Gasteiger partial charge in [-0.2, -0.15) is 0 Å². The van der Waals surface area contributed by atoms with Gasteiger partial charge in [0.2, 0.25) is 0 Å². The summed E-state index contributed by atoms with van der Waals surface area (Å²) in [5.74, 6) is 0.179. The molecule has 2 heteroatoms. The van der Waals surface area contributed by atoms with Crippen molar-refractivity contribution in [2.24, 2.45) is 0 Å². The molecule has 1 N–H and O–H groups in total. The number of hydrogen-bond acceptors (Lipinski definition) is 1. The lowest BCUT2D eigenvalue weighted by atomic mass is 9.91. The Morgan fingerprint density at radius 3 is 2.25 bits per heavy atom. The van der Waals surface area contributed by atoms with Crippen molar-refractivity contribution in [2.45, 2.75) is 19.8 Å². The molecule has 1 aromatic heterocycles. The fraction of sp³-hybridized carbons (Fsp3) is 0.167. The molecule has 0 aliphatic heterocycles. The van der Waals surface area contributed by atoms with Crippen LogP contribution in [0.4, 0.5) is 0 Å². The number of aromatic amines is 1. The van der Waals surface area contributed by atoms with E-state index < -0.39 is 0 Å². The molecule has 0 aliphatic rings. The van der Waals surface area contributed by atoms with E-state index in [4.69, 9.17) is 0 Å². The van der Waals surface area contributed by atoms with Gasteiger partial charge in [0, 0.05) is 16.5 Å². The topological polar surface area (TPSA) is 32.9 Å². The van der Waals surface area contributed by atoms with E-state index in [9.17, 15) is 4.79 Å². The lowest BCUT2D eigenvalue weighted by molar-refractivity contribution is 0.851. The van der Waals surface area contributed by atoms with E-state index in [2.05, 4.69) is 37.0 Å². The minimum Gasteiger partial charge on any atom is -0.322 e. The van der Waals surface area contributed by atoms with Crippen LogP contribution in [0.15, 0.2) is 59.4 Å². The molecule has 1 heterocycles. The van der Waals surface area contributed by atoms with E-state index in [0.717, 1.165) is 27.6 Å². The van der Waals surface area contributed by atoms with Crippen LogP contribution < -0.4 is 5.56 Å². The summed E-state index contributed by atoms with van der Waals surface area (Å²) in [6, 6.07) is 18.1. The van der Waals surface area contributed by atoms with Gasteiger partial charge in [-0.05, 0) is 23.1 Å². The predicted octanol–water partition coefficient (Wildman–Crippen LogP) is 4.32. The zero-order valence-corrected chi connectivity index (χ0v) is 11.7. The van der Waals surface area contributed by atoms with Crippen LogP contribution in [0.2, 0.25) is 0 Å². The van der Waals surface area contributed by atoms with E-state index in [1.165, 1.54) is 0 Å². The number of pyridine rings is 1. The number of hydrogen-bond donors (Lipinski definition) is 1. The molecule has 2 aromatic carbocycles. The fourth-order valence-electron chi connectivity index (χ4n) is 2.73. The average Bonchev–Trinajstić information content (AvgIpc) is 2.46. The van der Waals surface area contributed by atoms with Gasteiger partial charge in [0.15, 0.2) is 0 Å². The summed E-state index contributed by atoms with van der Waals surface area (Å²) in [7, 11) is 0. The molecule has 0 amide bonds. The maximum Gasteiger partial charge on any atom is 0.252 e. The third-order valence-electron chi connectivity index (χ3n) is 3.60. The largest absolute Gasteiger partial charge is 0.322 e. The van der Waals surface area contributed by atoms with Crippen molar-refractivity contribution in [3.63, 3.8) is 0 Å². The second-order valence-corrected chi connectivity index (χ2v) is 5.31. The fourth-order valence-corrected chi connectivity index (χ4v) is 2.73. The Balaban J connectivity index is 2.49. The molecule has 0 saturated heterocycles. The van der Waals surface area contributed by atoms with Crippen LogP contribution in [-0.4, -0.2) is 4.98 Å². The monoisotopic (exact) mass is 263 g/mol. The minimum atomic E-state index is 0.0116. The van der Waals surface area contributed by atoms with Crippen molar-refractivity contribution >= 4 is 10.9 Å². The molecule has 0 aliphatic carbocycles. The number of benzene rings is 2. The Labute approximate surface area is 118 Å². The second-order valence-electron chi connectivity index (χ2n) is 5.31. The predicted molar refractivity (Wildman–Crippen MR) is 84.1 cm³/mol. The van der Waals surface area contributed by atoms with Gasteiger partial charge in [0.25, 0.3) is 5.56 Å². The summed E-state index contributed by atoms with van der Waals surface area (Å²) in [5, 5.41) is 1.10. The molecular weight excluding hydrogens is 246 g/mol. The standard InChI is InChI=1S/C18H17NO/c1-12(2)16-17(13-8-4-3-5-9-13)14-10-6-7-11-15(14)19-18(16)20/h3-12H,1-2H3,(H,19,20). The van der Waals surface area contributed by atoms with E-state index in [0.29, 0.717) is 0 Å². The Bertz CT molecular complexity index is 801. The van der Waals surface area contributed by atoms with Gasteiger partial charge in [0.1, 0.15) is 0 Å². The number of H-pyrrole nitrogens is 1. The molecule has 3 aromatic rings. The summed E-state index contributed by atoms with van der Waals surface area (Å²) in [6.45, 7) is 4.12. The van der Waals surface area contributed by atoms with Crippen molar-refractivity contribution < 1.29 is 0 Å². The molecule has 0 fully saturated rings. The molecular formula is C18H17NO. The summed E-state index contributed by atoms with van der Waals surface area (Å²) in [4.78, 5) is 15.4. The second kappa shape index (κ2) is 4.97. The first-order valence-electron chi connectivity index (χ1n) is 6.89. The van der Waals surface area contributed by atoms with Gasteiger partial charge in [-0.25, -0.2) is 0 Å². The van der Waals surface area contributed by atoms with Crippen molar-refractivity contribution in [1.82, 2.24) is 4.98 Å². The van der Waals surface area contributed by atoms with Gasteiger partial charge in [0.05, 0.1) is 0 Å². The van der Waals surface area contributed by atoms with Gasteiger partial charge < -0.3 is 4.98 Å². The molecule has 0 unspecified atom stereocenters. The summed E-state index contributed by atoms with van der Waals surface area (Å²) in [6.07, 6.45) is 0. The maximum absolute atomic E-state index is 12.4. The van der Waals surface area contributed by atoms with Crippen LogP contribution in [0.3, 0.4) is 0 Å². The molecule has 0 spiro atoms. The minimum absolute atomic E-state index is 0.0116. The van der Waals surface area contributed by atoms with Crippen molar-refractivity contribution in [3.05, 3.63) is 70.5 Å². The molecule has 0 bridgehead atoms. The van der Waals surface area contributed by atoms with Crippen LogP contribution in [0, 0.1) is 0 Å². The quantitative estimate of drug-likeness (QED) is 0.734. The zero-order chi connectivity index (χ0) is 14.1. The summed E-state index contributed by atoms with van der Waals surface area (Å²) < 4.78 is 0. The molecule has 100 valence electrons. The normalized spacial score (nSPS) is 11.2. The molecule has 3 rings (SSSR count). The highest BCUT2D eigenvalue weighted by molar-refractivity contribution is 5.96. The smallest absolute Gasteiger partial charge is 0.252 e. The summed E-state index contributed by atoms with van der Waals surface area (Å²) >= 11 is 0. The highest BCUT2D eigenvalue weighted by Crippen LogP contribution is 2.32. The van der Waals surface area contributed by atoms with Crippen LogP contribution in [-0.2, 0) is 0 Å². The van der Waals surface area contributed by atoms with Gasteiger partial charge in [-0.1, -0.05) is 62.4 Å². The molecule has 0 radical (unpaired) electrons. The maximum atomic E-state index is 12.4. The lowest BCUT2D eigenvalue weighted by Crippen LogP contribution is -2.15. The Morgan fingerprint density at radius 2 is 1.55 bits per heavy atom. The average molecular weight is 263 g/mol. The van der Waals surface area contributed by atoms with Crippen LogP contribution in [0.25, 0.3) is 22.0 Å². The SMILES string of the molecule is CC(C)c1c(-c2ccccc2)c2ccccc2[nH]c1=O.